The summed E-state index contributed by atoms with van der Waals surface area (Å²) in [5.74, 6) is -0.698. The van der Waals surface area contributed by atoms with Gasteiger partial charge in [0.15, 0.2) is 0 Å². The lowest BCUT2D eigenvalue weighted by atomic mass is 10.1. The van der Waals surface area contributed by atoms with Crippen LogP contribution < -0.4 is 5.32 Å². The number of carbonyl (C=O) groups excluding carboxylic acids is 1. The van der Waals surface area contributed by atoms with E-state index in [4.69, 9.17) is 0 Å². The van der Waals surface area contributed by atoms with Crippen LogP contribution in [0.5, 0.6) is 0 Å². The highest BCUT2D eigenvalue weighted by Gasteiger charge is 2.19. The predicted octanol–water partition coefficient (Wildman–Crippen LogP) is 4.11. The Morgan fingerprint density at radius 3 is 2.43 bits per heavy atom. The zero-order chi connectivity index (χ0) is 20.3. The lowest BCUT2D eigenvalue weighted by molar-refractivity contribution is -0.384. The first-order valence-corrected chi connectivity index (χ1v) is 8.80. The topological polar surface area (TPSA) is 90.1 Å². The molecule has 1 N–H and O–H groups in total. The molecule has 3 aromatic rings. The number of halogens is 1. The first kappa shape index (κ1) is 19.2. The smallest absolute Gasteiger partial charge is 0.270 e. The Morgan fingerprint density at radius 1 is 1.21 bits per heavy atom. The summed E-state index contributed by atoms with van der Waals surface area (Å²) in [6.45, 7) is 3.86. The predicted molar refractivity (Wildman–Crippen MR) is 103 cm³/mol. The number of aromatic nitrogens is 2. The standard InChI is InChI=1S/C20H19FN4O3/c1-3-13(2)22-20(26)19-12-18(14-4-8-17(9-5-14)25(27)28)23-24(19)16-10-6-15(21)7-11-16/h4-13H,3H2,1-2H3,(H,22,26). The molecule has 0 fully saturated rings. The van der Waals surface area contributed by atoms with Gasteiger partial charge in [0.25, 0.3) is 11.6 Å². The molecule has 1 atom stereocenters. The van der Waals surface area contributed by atoms with E-state index < -0.39 is 10.7 Å². The summed E-state index contributed by atoms with van der Waals surface area (Å²) in [5.41, 5.74) is 1.90. The molecule has 0 radical (unpaired) electrons. The Labute approximate surface area is 161 Å². The zero-order valence-electron chi connectivity index (χ0n) is 15.4. The zero-order valence-corrected chi connectivity index (χ0v) is 15.4. The number of nitro groups is 1. The van der Waals surface area contributed by atoms with Gasteiger partial charge in [-0.05, 0) is 55.8 Å². The fourth-order valence-electron chi connectivity index (χ4n) is 2.62. The lowest BCUT2D eigenvalue weighted by Gasteiger charge is -2.12. The minimum atomic E-state index is -0.480. The molecule has 3 rings (SSSR count). The number of hydrogen-bond acceptors (Lipinski definition) is 4. The van der Waals surface area contributed by atoms with Crippen LogP contribution >= 0.6 is 0 Å². The van der Waals surface area contributed by atoms with Crippen molar-refractivity contribution in [2.24, 2.45) is 0 Å². The van der Waals surface area contributed by atoms with E-state index in [-0.39, 0.29) is 17.6 Å². The van der Waals surface area contributed by atoms with Crippen molar-refractivity contribution in [3.8, 4) is 16.9 Å². The summed E-state index contributed by atoms with van der Waals surface area (Å²) in [5, 5.41) is 18.2. The van der Waals surface area contributed by atoms with Gasteiger partial charge in [-0.15, -0.1) is 0 Å². The number of nitrogens with one attached hydrogen (secondary N) is 1. The van der Waals surface area contributed by atoms with Crippen LogP contribution in [0.4, 0.5) is 10.1 Å². The molecule has 8 heteroatoms. The molecular weight excluding hydrogens is 363 g/mol. The van der Waals surface area contributed by atoms with E-state index in [0.717, 1.165) is 6.42 Å². The SMILES string of the molecule is CCC(C)NC(=O)c1cc(-c2ccc([N+](=O)[O-])cc2)nn1-c1ccc(F)cc1. The number of nitrogens with zero attached hydrogens (tertiary/aromatic N) is 3. The van der Waals surface area contributed by atoms with Gasteiger partial charge in [0.1, 0.15) is 11.5 Å². The Balaban J connectivity index is 2.05. The van der Waals surface area contributed by atoms with Gasteiger partial charge in [0, 0.05) is 23.7 Å². The molecule has 0 aliphatic heterocycles. The summed E-state index contributed by atoms with van der Waals surface area (Å²) >= 11 is 0. The van der Waals surface area contributed by atoms with Crippen LogP contribution in [0.15, 0.2) is 54.6 Å². The molecule has 1 aromatic heterocycles. The van der Waals surface area contributed by atoms with E-state index in [1.807, 2.05) is 13.8 Å². The van der Waals surface area contributed by atoms with Gasteiger partial charge in [-0.2, -0.15) is 5.10 Å². The van der Waals surface area contributed by atoms with Gasteiger partial charge in [-0.3, -0.25) is 14.9 Å². The number of benzene rings is 2. The Bertz CT molecular complexity index is 997. The van der Waals surface area contributed by atoms with E-state index in [9.17, 15) is 19.3 Å². The molecule has 0 saturated heterocycles. The van der Waals surface area contributed by atoms with Crippen molar-refractivity contribution >= 4 is 11.6 Å². The van der Waals surface area contributed by atoms with Gasteiger partial charge in [0.05, 0.1) is 16.3 Å². The largest absolute Gasteiger partial charge is 0.348 e. The average Bonchev–Trinajstić information content (AvgIpc) is 3.14. The maximum absolute atomic E-state index is 13.3. The van der Waals surface area contributed by atoms with E-state index in [2.05, 4.69) is 10.4 Å². The maximum atomic E-state index is 13.3. The van der Waals surface area contributed by atoms with E-state index >= 15 is 0 Å². The number of amides is 1. The number of carbonyl (C=O) groups is 1. The summed E-state index contributed by atoms with van der Waals surface area (Å²) in [7, 11) is 0. The van der Waals surface area contributed by atoms with E-state index in [1.54, 1.807) is 18.2 Å². The van der Waals surface area contributed by atoms with Crippen molar-refractivity contribution in [3.05, 3.63) is 76.2 Å². The third kappa shape index (κ3) is 4.06. The number of nitro benzene ring substituents is 1. The second-order valence-corrected chi connectivity index (χ2v) is 6.39. The molecule has 1 amide bonds. The molecule has 2 aromatic carbocycles. The van der Waals surface area contributed by atoms with Crippen molar-refractivity contribution in [2.45, 2.75) is 26.3 Å². The van der Waals surface area contributed by atoms with Gasteiger partial charge in [-0.1, -0.05) is 6.92 Å². The summed E-state index contributed by atoms with van der Waals surface area (Å²) in [6, 6.07) is 13.1. The Morgan fingerprint density at radius 2 is 1.86 bits per heavy atom. The second kappa shape index (κ2) is 7.99. The molecule has 0 aliphatic rings. The first-order chi connectivity index (χ1) is 13.4. The molecule has 1 unspecified atom stereocenters. The third-order valence-corrected chi connectivity index (χ3v) is 4.38. The number of hydrogen-bond donors (Lipinski definition) is 1. The van der Waals surface area contributed by atoms with Crippen molar-refractivity contribution in [1.82, 2.24) is 15.1 Å². The van der Waals surface area contributed by atoms with Crippen molar-refractivity contribution in [1.29, 1.82) is 0 Å². The molecule has 28 heavy (non-hydrogen) atoms. The van der Waals surface area contributed by atoms with Gasteiger partial charge in [0.2, 0.25) is 0 Å². The van der Waals surface area contributed by atoms with Gasteiger partial charge >= 0.3 is 0 Å². The molecule has 0 saturated carbocycles. The van der Waals surface area contributed by atoms with Gasteiger partial charge < -0.3 is 5.32 Å². The van der Waals surface area contributed by atoms with Crippen LogP contribution in [0.1, 0.15) is 30.8 Å². The molecule has 0 aliphatic carbocycles. The van der Waals surface area contributed by atoms with Crippen LogP contribution in [0.3, 0.4) is 0 Å². The average molecular weight is 382 g/mol. The summed E-state index contributed by atoms with van der Waals surface area (Å²) < 4.78 is 14.7. The molecule has 0 spiro atoms. The van der Waals surface area contributed by atoms with Crippen molar-refractivity contribution in [3.63, 3.8) is 0 Å². The molecule has 0 bridgehead atoms. The third-order valence-electron chi connectivity index (χ3n) is 4.38. The first-order valence-electron chi connectivity index (χ1n) is 8.80. The van der Waals surface area contributed by atoms with Crippen LogP contribution in [-0.4, -0.2) is 26.7 Å². The maximum Gasteiger partial charge on any atom is 0.270 e. The Hall–Kier alpha value is -3.55. The minimum absolute atomic E-state index is 0.0214. The summed E-state index contributed by atoms with van der Waals surface area (Å²) in [4.78, 5) is 23.1. The quantitative estimate of drug-likeness (QED) is 0.513. The fraction of sp³-hybridized carbons (Fsp3) is 0.200. The van der Waals surface area contributed by atoms with Crippen LogP contribution in [-0.2, 0) is 0 Å². The van der Waals surface area contributed by atoms with E-state index in [1.165, 1.54) is 41.1 Å². The normalized spacial score (nSPS) is 11.8. The Kier molecular flexibility index (Phi) is 5.49. The second-order valence-electron chi connectivity index (χ2n) is 6.39. The fourth-order valence-corrected chi connectivity index (χ4v) is 2.62. The van der Waals surface area contributed by atoms with Crippen LogP contribution in [0.2, 0.25) is 0 Å². The molecule has 144 valence electrons. The number of non-ortho nitro benzene ring substituents is 1. The monoisotopic (exact) mass is 382 g/mol. The number of rotatable bonds is 6. The molecular formula is C20H19FN4O3. The molecule has 7 nitrogen and oxygen atoms in total. The highest BCUT2D eigenvalue weighted by molar-refractivity contribution is 5.94. The van der Waals surface area contributed by atoms with Gasteiger partial charge in [-0.25, -0.2) is 9.07 Å². The summed E-state index contributed by atoms with van der Waals surface area (Å²) in [6.07, 6.45) is 0.769. The van der Waals surface area contributed by atoms with E-state index in [0.29, 0.717) is 22.6 Å². The molecule has 1 heterocycles. The highest BCUT2D eigenvalue weighted by atomic mass is 19.1. The highest BCUT2D eigenvalue weighted by Crippen LogP contribution is 2.24. The van der Waals surface area contributed by atoms with Crippen molar-refractivity contribution < 1.29 is 14.1 Å². The minimum Gasteiger partial charge on any atom is -0.348 e. The lowest BCUT2D eigenvalue weighted by Crippen LogP contribution is -2.33. The van der Waals surface area contributed by atoms with Crippen LogP contribution in [0.25, 0.3) is 16.9 Å². The van der Waals surface area contributed by atoms with Crippen LogP contribution in [0, 0.1) is 15.9 Å². The van der Waals surface area contributed by atoms with Crippen molar-refractivity contribution in [2.75, 3.05) is 0 Å².